The van der Waals surface area contributed by atoms with Crippen LogP contribution in [0.3, 0.4) is 0 Å². The lowest BCUT2D eigenvalue weighted by molar-refractivity contribution is -0.385. The third kappa shape index (κ3) is 2.20. The summed E-state index contributed by atoms with van der Waals surface area (Å²) >= 11 is 0. The first-order chi connectivity index (χ1) is 6.69. The van der Waals surface area contributed by atoms with Crippen LogP contribution in [-0.2, 0) is 6.54 Å². The Morgan fingerprint density at radius 3 is 2.79 bits per heavy atom. The predicted octanol–water partition coefficient (Wildman–Crippen LogP) is 1.32. The fraction of sp³-hybridized carbons (Fsp3) is 0.333. The molecule has 0 aliphatic heterocycles. The van der Waals surface area contributed by atoms with Crippen LogP contribution >= 0.6 is 0 Å². The first kappa shape index (κ1) is 10.5. The molecule has 0 heterocycles. The Morgan fingerprint density at radius 1 is 1.57 bits per heavy atom. The number of nitrogens with one attached hydrogen (secondary N) is 1. The minimum atomic E-state index is -0.456. The quantitative estimate of drug-likeness (QED) is 0.582. The van der Waals surface area contributed by atoms with Crippen molar-refractivity contribution < 1.29 is 9.66 Å². The standard InChI is InChI=1S/C9H12N2O3/c1-10-6-7-3-4-8(11(12)13)9(5-7)14-2/h3-5,10H,6H2,1-2H3. The summed E-state index contributed by atoms with van der Waals surface area (Å²) in [6.07, 6.45) is 0. The normalized spacial score (nSPS) is 9.86. The van der Waals surface area contributed by atoms with Crippen LogP contribution in [0.5, 0.6) is 5.75 Å². The number of nitro benzene ring substituents is 1. The smallest absolute Gasteiger partial charge is 0.310 e. The number of hydrogen-bond acceptors (Lipinski definition) is 4. The second-order valence-electron chi connectivity index (χ2n) is 2.79. The lowest BCUT2D eigenvalue weighted by atomic mass is 10.2. The zero-order chi connectivity index (χ0) is 10.6. The Kier molecular flexibility index (Phi) is 3.41. The van der Waals surface area contributed by atoms with E-state index in [4.69, 9.17) is 4.74 Å². The van der Waals surface area contributed by atoms with Crippen molar-refractivity contribution in [2.24, 2.45) is 0 Å². The van der Waals surface area contributed by atoms with E-state index in [1.54, 1.807) is 12.1 Å². The Morgan fingerprint density at radius 2 is 2.29 bits per heavy atom. The molecule has 0 saturated carbocycles. The zero-order valence-corrected chi connectivity index (χ0v) is 8.11. The van der Waals surface area contributed by atoms with Gasteiger partial charge in [-0.25, -0.2) is 0 Å². The molecule has 0 bridgehead atoms. The van der Waals surface area contributed by atoms with Gasteiger partial charge in [-0.05, 0) is 18.7 Å². The molecule has 0 fully saturated rings. The summed E-state index contributed by atoms with van der Waals surface area (Å²) in [5, 5.41) is 13.5. The van der Waals surface area contributed by atoms with Crippen LogP contribution < -0.4 is 10.1 Å². The van der Waals surface area contributed by atoms with Gasteiger partial charge in [0.2, 0.25) is 0 Å². The molecule has 1 N–H and O–H groups in total. The Balaban J connectivity index is 3.05. The van der Waals surface area contributed by atoms with Gasteiger partial charge in [-0.1, -0.05) is 6.07 Å². The Labute approximate surface area is 81.8 Å². The van der Waals surface area contributed by atoms with Crippen LogP contribution in [-0.4, -0.2) is 19.1 Å². The first-order valence-corrected chi connectivity index (χ1v) is 4.15. The number of nitro groups is 1. The molecule has 0 spiro atoms. The van der Waals surface area contributed by atoms with Gasteiger partial charge in [-0.2, -0.15) is 0 Å². The summed E-state index contributed by atoms with van der Waals surface area (Å²) in [4.78, 5) is 10.1. The van der Waals surface area contributed by atoms with E-state index in [0.29, 0.717) is 12.3 Å². The van der Waals surface area contributed by atoms with Crippen molar-refractivity contribution in [3.63, 3.8) is 0 Å². The van der Waals surface area contributed by atoms with Gasteiger partial charge in [-0.3, -0.25) is 10.1 Å². The molecule has 0 aliphatic rings. The summed E-state index contributed by atoms with van der Waals surface area (Å²) in [5.74, 6) is 0.294. The van der Waals surface area contributed by atoms with E-state index in [1.165, 1.54) is 13.2 Å². The lowest BCUT2D eigenvalue weighted by Crippen LogP contribution is -2.05. The van der Waals surface area contributed by atoms with Crippen molar-refractivity contribution in [2.45, 2.75) is 6.54 Å². The molecule has 14 heavy (non-hydrogen) atoms. The van der Waals surface area contributed by atoms with E-state index in [-0.39, 0.29) is 5.69 Å². The summed E-state index contributed by atoms with van der Waals surface area (Å²) in [7, 11) is 3.24. The molecule has 76 valence electrons. The highest BCUT2D eigenvalue weighted by Crippen LogP contribution is 2.27. The van der Waals surface area contributed by atoms with Crippen molar-refractivity contribution in [3.05, 3.63) is 33.9 Å². The van der Waals surface area contributed by atoms with Crippen molar-refractivity contribution in [3.8, 4) is 5.75 Å². The highest BCUT2D eigenvalue weighted by atomic mass is 16.6. The molecule has 0 radical (unpaired) electrons. The van der Waals surface area contributed by atoms with Crippen LogP contribution in [0.15, 0.2) is 18.2 Å². The van der Waals surface area contributed by atoms with E-state index in [0.717, 1.165) is 5.56 Å². The topological polar surface area (TPSA) is 64.4 Å². The average Bonchev–Trinajstić information content (AvgIpc) is 2.17. The number of rotatable bonds is 4. The SMILES string of the molecule is CNCc1ccc([N+](=O)[O-])c(OC)c1. The monoisotopic (exact) mass is 196 g/mol. The molecule has 1 rings (SSSR count). The molecule has 0 aromatic heterocycles. The van der Waals surface area contributed by atoms with Gasteiger partial charge in [0.1, 0.15) is 0 Å². The maximum atomic E-state index is 10.6. The molecule has 0 aliphatic carbocycles. The number of ether oxygens (including phenoxy) is 1. The Bertz CT molecular complexity index is 339. The third-order valence-electron chi connectivity index (χ3n) is 1.82. The fourth-order valence-corrected chi connectivity index (χ4v) is 1.19. The largest absolute Gasteiger partial charge is 0.490 e. The summed E-state index contributed by atoms with van der Waals surface area (Å²) in [5.41, 5.74) is 0.947. The maximum Gasteiger partial charge on any atom is 0.310 e. The van der Waals surface area contributed by atoms with Crippen molar-refractivity contribution in [2.75, 3.05) is 14.2 Å². The molecule has 1 aromatic carbocycles. The Hall–Kier alpha value is -1.62. The van der Waals surface area contributed by atoms with Crippen LogP contribution in [0.1, 0.15) is 5.56 Å². The van der Waals surface area contributed by atoms with Gasteiger partial charge in [-0.15, -0.1) is 0 Å². The molecule has 0 unspecified atom stereocenters. The fourth-order valence-electron chi connectivity index (χ4n) is 1.19. The van der Waals surface area contributed by atoms with Gasteiger partial charge in [0, 0.05) is 12.6 Å². The van der Waals surface area contributed by atoms with E-state index in [9.17, 15) is 10.1 Å². The highest BCUT2D eigenvalue weighted by molar-refractivity contribution is 5.48. The highest BCUT2D eigenvalue weighted by Gasteiger charge is 2.13. The van der Waals surface area contributed by atoms with E-state index >= 15 is 0 Å². The second-order valence-corrected chi connectivity index (χ2v) is 2.79. The van der Waals surface area contributed by atoms with Gasteiger partial charge in [0.05, 0.1) is 12.0 Å². The van der Waals surface area contributed by atoms with E-state index < -0.39 is 4.92 Å². The van der Waals surface area contributed by atoms with Crippen LogP contribution in [0.2, 0.25) is 0 Å². The molecule has 0 saturated heterocycles. The molecule has 0 atom stereocenters. The summed E-state index contributed by atoms with van der Waals surface area (Å²) < 4.78 is 4.92. The number of nitrogens with zero attached hydrogens (tertiary/aromatic N) is 1. The van der Waals surface area contributed by atoms with E-state index in [2.05, 4.69) is 5.32 Å². The van der Waals surface area contributed by atoms with Gasteiger partial charge in [0.25, 0.3) is 0 Å². The average molecular weight is 196 g/mol. The molecule has 1 aromatic rings. The number of hydrogen-bond donors (Lipinski definition) is 1. The molecule has 5 nitrogen and oxygen atoms in total. The zero-order valence-electron chi connectivity index (χ0n) is 8.11. The van der Waals surface area contributed by atoms with Gasteiger partial charge < -0.3 is 10.1 Å². The van der Waals surface area contributed by atoms with Crippen LogP contribution in [0, 0.1) is 10.1 Å². The molecular formula is C9H12N2O3. The summed E-state index contributed by atoms with van der Waals surface area (Å²) in [6, 6.07) is 4.82. The minimum absolute atomic E-state index is 0.00708. The maximum absolute atomic E-state index is 10.6. The first-order valence-electron chi connectivity index (χ1n) is 4.15. The number of benzene rings is 1. The minimum Gasteiger partial charge on any atom is -0.490 e. The van der Waals surface area contributed by atoms with Crippen molar-refractivity contribution in [1.82, 2.24) is 5.32 Å². The second kappa shape index (κ2) is 4.57. The van der Waals surface area contributed by atoms with Crippen molar-refractivity contribution >= 4 is 5.69 Å². The molecular weight excluding hydrogens is 184 g/mol. The number of methoxy groups -OCH3 is 1. The van der Waals surface area contributed by atoms with Crippen LogP contribution in [0.25, 0.3) is 0 Å². The van der Waals surface area contributed by atoms with Crippen molar-refractivity contribution in [1.29, 1.82) is 0 Å². The van der Waals surface area contributed by atoms with Gasteiger partial charge >= 0.3 is 5.69 Å². The predicted molar refractivity (Wildman–Crippen MR) is 52.4 cm³/mol. The van der Waals surface area contributed by atoms with E-state index in [1.807, 2.05) is 7.05 Å². The molecule has 0 amide bonds. The third-order valence-corrected chi connectivity index (χ3v) is 1.82. The lowest BCUT2D eigenvalue weighted by Gasteiger charge is -2.04. The van der Waals surface area contributed by atoms with Gasteiger partial charge in [0.15, 0.2) is 5.75 Å². The molecule has 5 heteroatoms. The summed E-state index contributed by atoms with van der Waals surface area (Å²) in [6.45, 7) is 0.661. The van der Waals surface area contributed by atoms with Crippen LogP contribution in [0.4, 0.5) is 5.69 Å².